The van der Waals surface area contributed by atoms with E-state index in [-0.39, 0.29) is 17.8 Å². The Morgan fingerprint density at radius 1 is 1.11 bits per heavy atom. The number of amides is 4. The summed E-state index contributed by atoms with van der Waals surface area (Å²) in [7, 11) is 0. The Labute approximate surface area is 167 Å². The van der Waals surface area contributed by atoms with Crippen LogP contribution < -0.4 is 15.5 Å². The van der Waals surface area contributed by atoms with Crippen LogP contribution in [-0.4, -0.2) is 48.4 Å². The molecule has 0 aliphatic carbocycles. The van der Waals surface area contributed by atoms with E-state index in [0.29, 0.717) is 36.6 Å². The van der Waals surface area contributed by atoms with Crippen LogP contribution in [0.5, 0.6) is 0 Å². The molecule has 8 heteroatoms. The summed E-state index contributed by atoms with van der Waals surface area (Å²) >= 11 is 1.40. The number of anilines is 2. The lowest BCUT2D eigenvalue weighted by molar-refractivity contribution is -0.121. The standard InChI is InChI=1S/C20H22N4O3S/c25-18(16-4-1-2-11-24(16)19(26)17-5-3-13-28-17)22-14-6-8-15(9-7-14)23-12-10-21-20(23)27/h3,5-9,13,16H,1-2,4,10-12H2,(H,21,27)(H,22,25). The van der Waals surface area contributed by atoms with Crippen molar-refractivity contribution >= 4 is 40.6 Å². The molecule has 2 saturated heterocycles. The minimum Gasteiger partial charge on any atom is -0.336 e. The normalized spacial score (nSPS) is 19.4. The Bertz CT molecular complexity index is 866. The lowest BCUT2D eigenvalue weighted by Crippen LogP contribution is -2.49. The van der Waals surface area contributed by atoms with E-state index in [1.165, 1.54) is 11.3 Å². The second kappa shape index (κ2) is 8.02. The molecule has 1 aromatic carbocycles. The van der Waals surface area contributed by atoms with Crippen LogP contribution in [0.25, 0.3) is 0 Å². The third-order valence-electron chi connectivity index (χ3n) is 5.10. The number of hydrogen-bond acceptors (Lipinski definition) is 4. The molecular formula is C20H22N4O3S. The summed E-state index contributed by atoms with van der Waals surface area (Å²) in [5.41, 5.74) is 1.45. The van der Waals surface area contributed by atoms with E-state index < -0.39 is 6.04 Å². The predicted octanol–water partition coefficient (Wildman–Crippen LogP) is 2.91. The number of thiophene rings is 1. The highest BCUT2D eigenvalue weighted by molar-refractivity contribution is 7.12. The molecular weight excluding hydrogens is 376 g/mol. The van der Waals surface area contributed by atoms with Crippen LogP contribution in [0.1, 0.15) is 28.9 Å². The maximum Gasteiger partial charge on any atom is 0.321 e. The monoisotopic (exact) mass is 398 g/mol. The Kier molecular flexibility index (Phi) is 5.29. The van der Waals surface area contributed by atoms with Crippen molar-refractivity contribution in [2.24, 2.45) is 0 Å². The quantitative estimate of drug-likeness (QED) is 0.831. The Morgan fingerprint density at radius 2 is 1.93 bits per heavy atom. The number of carbonyl (C=O) groups excluding carboxylic acids is 3. The van der Waals surface area contributed by atoms with Crippen molar-refractivity contribution in [2.75, 3.05) is 29.9 Å². The van der Waals surface area contributed by atoms with Crippen molar-refractivity contribution in [3.63, 3.8) is 0 Å². The summed E-state index contributed by atoms with van der Waals surface area (Å²) in [4.78, 5) is 41.4. The number of nitrogens with zero attached hydrogens (tertiary/aromatic N) is 2. The van der Waals surface area contributed by atoms with Crippen molar-refractivity contribution in [1.29, 1.82) is 0 Å². The van der Waals surface area contributed by atoms with E-state index in [1.807, 2.05) is 23.6 Å². The van der Waals surface area contributed by atoms with Gasteiger partial charge in [0.25, 0.3) is 5.91 Å². The first-order chi connectivity index (χ1) is 13.6. The van der Waals surface area contributed by atoms with Gasteiger partial charge in [0.05, 0.1) is 4.88 Å². The topological polar surface area (TPSA) is 81.8 Å². The molecule has 2 aliphatic heterocycles. The average molecular weight is 398 g/mol. The number of urea groups is 1. The van der Waals surface area contributed by atoms with Crippen molar-refractivity contribution in [3.8, 4) is 0 Å². The molecule has 1 aromatic heterocycles. The second-order valence-corrected chi connectivity index (χ2v) is 7.85. The SMILES string of the molecule is O=C(Nc1ccc(N2CCNC2=O)cc1)C1CCCCN1C(=O)c1cccs1. The van der Waals surface area contributed by atoms with E-state index in [0.717, 1.165) is 18.5 Å². The third-order valence-corrected chi connectivity index (χ3v) is 5.96. The Hall–Kier alpha value is -2.87. The smallest absolute Gasteiger partial charge is 0.321 e. The minimum atomic E-state index is -0.465. The first-order valence-electron chi connectivity index (χ1n) is 9.44. The Morgan fingerprint density at radius 3 is 2.61 bits per heavy atom. The lowest BCUT2D eigenvalue weighted by Gasteiger charge is -2.34. The van der Waals surface area contributed by atoms with Crippen LogP contribution in [0.3, 0.4) is 0 Å². The largest absolute Gasteiger partial charge is 0.336 e. The van der Waals surface area contributed by atoms with Crippen LogP contribution in [0.4, 0.5) is 16.2 Å². The van der Waals surface area contributed by atoms with Gasteiger partial charge in [-0.1, -0.05) is 6.07 Å². The fraction of sp³-hybridized carbons (Fsp3) is 0.350. The first-order valence-corrected chi connectivity index (χ1v) is 10.3. The highest BCUT2D eigenvalue weighted by Gasteiger charge is 2.33. The van der Waals surface area contributed by atoms with Crippen LogP contribution in [0.2, 0.25) is 0 Å². The molecule has 0 saturated carbocycles. The fourth-order valence-corrected chi connectivity index (χ4v) is 4.34. The molecule has 4 amide bonds. The zero-order valence-electron chi connectivity index (χ0n) is 15.4. The van der Waals surface area contributed by atoms with Crippen LogP contribution in [-0.2, 0) is 4.79 Å². The fourth-order valence-electron chi connectivity index (χ4n) is 3.66. The number of likely N-dealkylation sites (tertiary alicyclic amines) is 1. The molecule has 1 unspecified atom stereocenters. The van der Waals surface area contributed by atoms with Crippen LogP contribution in [0, 0.1) is 0 Å². The minimum absolute atomic E-state index is 0.0785. The van der Waals surface area contributed by atoms with Crippen molar-refractivity contribution in [3.05, 3.63) is 46.7 Å². The molecule has 0 bridgehead atoms. The summed E-state index contributed by atoms with van der Waals surface area (Å²) < 4.78 is 0. The molecule has 0 radical (unpaired) electrons. The molecule has 28 heavy (non-hydrogen) atoms. The molecule has 2 fully saturated rings. The van der Waals surface area contributed by atoms with E-state index >= 15 is 0 Å². The maximum absolute atomic E-state index is 12.9. The van der Waals surface area contributed by atoms with Gasteiger partial charge >= 0.3 is 6.03 Å². The number of benzene rings is 1. The molecule has 7 nitrogen and oxygen atoms in total. The Balaban J connectivity index is 1.44. The van der Waals surface area contributed by atoms with Gasteiger partial charge in [-0.3, -0.25) is 14.5 Å². The van der Waals surface area contributed by atoms with Crippen LogP contribution >= 0.6 is 11.3 Å². The third kappa shape index (κ3) is 3.73. The molecule has 0 spiro atoms. The van der Waals surface area contributed by atoms with Crippen molar-refractivity contribution in [1.82, 2.24) is 10.2 Å². The summed E-state index contributed by atoms with van der Waals surface area (Å²) in [5.74, 6) is -0.249. The van der Waals surface area contributed by atoms with Gasteiger partial charge in [-0.15, -0.1) is 11.3 Å². The summed E-state index contributed by atoms with van der Waals surface area (Å²) in [6, 6.07) is 10.3. The van der Waals surface area contributed by atoms with Gasteiger partial charge in [0.15, 0.2) is 0 Å². The van der Waals surface area contributed by atoms with Gasteiger partial charge in [-0.2, -0.15) is 0 Å². The number of piperidine rings is 1. The zero-order chi connectivity index (χ0) is 19.5. The molecule has 4 rings (SSSR count). The van der Waals surface area contributed by atoms with Gasteiger partial charge in [-0.25, -0.2) is 4.79 Å². The summed E-state index contributed by atoms with van der Waals surface area (Å²) in [6.45, 7) is 1.86. The molecule has 2 aliphatic rings. The molecule has 2 aromatic rings. The highest BCUT2D eigenvalue weighted by atomic mass is 32.1. The van der Waals surface area contributed by atoms with Crippen LogP contribution in [0.15, 0.2) is 41.8 Å². The number of rotatable bonds is 4. The number of nitrogens with one attached hydrogen (secondary N) is 2. The molecule has 3 heterocycles. The average Bonchev–Trinajstić information content (AvgIpc) is 3.40. The first kappa shape index (κ1) is 18.5. The van der Waals surface area contributed by atoms with Gasteiger partial charge < -0.3 is 15.5 Å². The number of hydrogen-bond donors (Lipinski definition) is 2. The van der Waals surface area contributed by atoms with E-state index in [2.05, 4.69) is 10.6 Å². The van der Waals surface area contributed by atoms with Gasteiger partial charge in [0, 0.05) is 31.0 Å². The van der Waals surface area contributed by atoms with E-state index in [4.69, 9.17) is 0 Å². The van der Waals surface area contributed by atoms with Crippen molar-refractivity contribution < 1.29 is 14.4 Å². The van der Waals surface area contributed by atoms with E-state index in [1.54, 1.807) is 28.0 Å². The molecule has 1 atom stereocenters. The summed E-state index contributed by atoms with van der Waals surface area (Å²) in [6.07, 6.45) is 2.50. The van der Waals surface area contributed by atoms with E-state index in [9.17, 15) is 14.4 Å². The molecule has 2 N–H and O–H groups in total. The highest BCUT2D eigenvalue weighted by Crippen LogP contribution is 2.24. The maximum atomic E-state index is 12.9. The van der Waals surface area contributed by atoms with Gasteiger partial charge in [-0.05, 0) is 55.0 Å². The number of carbonyl (C=O) groups is 3. The second-order valence-electron chi connectivity index (χ2n) is 6.91. The van der Waals surface area contributed by atoms with Gasteiger partial charge in [0.1, 0.15) is 6.04 Å². The van der Waals surface area contributed by atoms with Gasteiger partial charge in [0.2, 0.25) is 5.91 Å². The zero-order valence-corrected chi connectivity index (χ0v) is 16.2. The van der Waals surface area contributed by atoms with Crippen molar-refractivity contribution in [2.45, 2.75) is 25.3 Å². The summed E-state index contributed by atoms with van der Waals surface area (Å²) in [5, 5.41) is 7.56. The lowest BCUT2D eigenvalue weighted by atomic mass is 10.0. The molecule has 146 valence electrons. The predicted molar refractivity (Wildman–Crippen MR) is 109 cm³/mol.